The second-order valence-corrected chi connectivity index (χ2v) is 8.20. The van der Waals surface area contributed by atoms with Crippen LogP contribution in [0, 0.1) is 5.82 Å². The molecule has 2 aromatic carbocycles. The maximum atomic E-state index is 14.2. The zero-order valence-corrected chi connectivity index (χ0v) is 18.2. The van der Waals surface area contributed by atoms with Crippen LogP contribution in [-0.2, 0) is 22.1 Å². The Bertz CT molecular complexity index is 1210. The third-order valence-electron chi connectivity index (χ3n) is 5.79. The minimum atomic E-state index is -3.23. The minimum absolute atomic E-state index is 0.0218. The van der Waals surface area contributed by atoms with Crippen molar-refractivity contribution in [2.75, 3.05) is 11.9 Å². The fourth-order valence-electron chi connectivity index (χ4n) is 3.91. The maximum Gasteiger partial charge on any atom is 0.419 e. The highest BCUT2D eigenvalue weighted by Gasteiger charge is 2.39. The van der Waals surface area contributed by atoms with Crippen molar-refractivity contribution in [3.8, 4) is 5.75 Å². The molecule has 1 unspecified atom stereocenters. The largest absolute Gasteiger partial charge is 0.419 e. The van der Waals surface area contributed by atoms with Crippen LogP contribution >= 0.6 is 0 Å². The van der Waals surface area contributed by atoms with Gasteiger partial charge in [0.1, 0.15) is 17.6 Å². The molecule has 0 saturated carbocycles. The van der Waals surface area contributed by atoms with Gasteiger partial charge in [0.25, 0.3) is 11.8 Å². The Labute approximate surface area is 192 Å². The third kappa shape index (κ3) is 4.33. The van der Waals surface area contributed by atoms with Gasteiger partial charge in [-0.25, -0.2) is 18.0 Å². The molecule has 4 amide bonds. The average Bonchev–Trinajstić information content (AvgIpc) is 3.08. The van der Waals surface area contributed by atoms with E-state index >= 15 is 0 Å². The highest BCUT2D eigenvalue weighted by Crippen LogP contribution is 2.33. The fraction of sp³-hybridized carbons (Fsp3) is 0.304. The highest BCUT2D eigenvalue weighted by molar-refractivity contribution is 6.05. The molecule has 4 rings (SSSR count). The van der Waals surface area contributed by atoms with E-state index in [1.165, 1.54) is 24.1 Å². The third-order valence-corrected chi connectivity index (χ3v) is 5.79. The molecule has 0 aliphatic carbocycles. The van der Waals surface area contributed by atoms with Gasteiger partial charge in [0.15, 0.2) is 0 Å². The van der Waals surface area contributed by atoms with Gasteiger partial charge in [0.2, 0.25) is 11.8 Å². The number of nitrogens with one attached hydrogen (secondary N) is 1. The van der Waals surface area contributed by atoms with E-state index in [4.69, 9.17) is 4.74 Å². The van der Waals surface area contributed by atoms with Crippen LogP contribution in [0.15, 0.2) is 36.4 Å². The smallest absolute Gasteiger partial charge is 0.410 e. The lowest BCUT2D eigenvalue weighted by atomic mass is 10.0. The molecule has 2 aliphatic heterocycles. The Hall–Kier alpha value is -3.89. The van der Waals surface area contributed by atoms with E-state index in [-0.39, 0.29) is 30.7 Å². The summed E-state index contributed by atoms with van der Waals surface area (Å²) in [5.74, 6) is -5.55. The molecule has 0 aromatic heterocycles. The predicted molar refractivity (Wildman–Crippen MR) is 113 cm³/mol. The molecule has 2 aliphatic rings. The second-order valence-electron chi connectivity index (χ2n) is 8.20. The number of ether oxygens (including phenoxy) is 1. The molecule has 11 heteroatoms. The van der Waals surface area contributed by atoms with E-state index in [1.54, 1.807) is 6.07 Å². The second kappa shape index (κ2) is 8.47. The fourth-order valence-corrected chi connectivity index (χ4v) is 3.91. The van der Waals surface area contributed by atoms with Crippen LogP contribution < -0.4 is 15.0 Å². The Morgan fingerprint density at radius 2 is 1.91 bits per heavy atom. The molecule has 8 nitrogen and oxygen atoms in total. The van der Waals surface area contributed by atoms with Crippen molar-refractivity contribution in [3.63, 3.8) is 0 Å². The van der Waals surface area contributed by atoms with Gasteiger partial charge in [-0.1, -0.05) is 12.1 Å². The zero-order valence-electron chi connectivity index (χ0n) is 18.2. The summed E-state index contributed by atoms with van der Waals surface area (Å²) in [5, 5.41) is 2.21. The van der Waals surface area contributed by atoms with Gasteiger partial charge >= 0.3 is 6.09 Å². The number of hydrogen-bond acceptors (Lipinski definition) is 5. The van der Waals surface area contributed by atoms with E-state index in [0.717, 1.165) is 23.1 Å². The molecule has 0 radical (unpaired) electrons. The number of halogens is 3. The molecule has 2 heterocycles. The maximum absolute atomic E-state index is 14.2. The number of rotatable bonds is 4. The first-order chi connectivity index (χ1) is 16.0. The van der Waals surface area contributed by atoms with Crippen molar-refractivity contribution in [2.24, 2.45) is 0 Å². The normalized spacial score (nSPS) is 18.0. The van der Waals surface area contributed by atoms with Crippen molar-refractivity contribution in [1.82, 2.24) is 10.2 Å². The Kier molecular flexibility index (Phi) is 5.80. The summed E-state index contributed by atoms with van der Waals surface area (Å²) in [7, 11) is 1.17. The highest BCUT2D eigenvalue weighted by atomic mass is 19.3. The van der Waals surface area contributed by atoms with Gasteiger partial charge in [-0.15, -0.1) is 0 Å². The van der Waals surface area contributed by atoms with E-state index < -0.39 is 52.8 Å². The number of hydrogen-bond donors (Lipinski definition) is 1. The number of anilines is 1. The quantitative estimate of drug-likeness (QED) is 0.685. The number of piperidine rings is 1. The van der Waals surface area contributed by atoms with Crippen LogP contribution in [0.2, 0.25) is 0 Å². The summed E-state index contributed by atoms with van der Waals surface area (Å²) >= 11 is 0. The Balaban J connectivity index is 1.50. The number of alkyl halides is 2. The number of imide groups is 1. The number of fused-ring (bicyclic) bond motifs is 1. The molecule has 1 fully saturated rings. The lowest BCUT2D eigenvalue weighted by molar-refractivity contribution is -0.136. The molecule has 0 bridgehead atoms. The van der Waals surface area contributed by atoms with E-state index in [2.05, 4.69) is 5.32 Å². The average molecular weight is 475 g/mol. The van der Waals surface area contributed by atoms with E-state index in [9.17, 15) is 32.3 Å². The summed E-state index contributed by atoms with van der Waals surface area (Å²) in [4.78, 5) is 51.1. The van der Waals surface area contributed by atoms with Crippen LogP contribution in [0.1, 0.15) is 41.3 Å². The first kappa shape index (κ1) is 23.3. The van der Waals surface area contributed by atoms with Crippen molar-refractivity contribution in [2.45, 2.75) is 38.3 Å². The molecule has 178 valence electrons. The lowest BCUT2D eigenvalue weighted by Crippen LogP contribution is -2.52. The summed E-state index contributed by atoms with van der Waals surface area (Å²) in [6, 6.07) is 6.14. The van der Waals surface area contributed by atoms with Crippen LogP contribution in [0.4, 0.5) is 23.7 Å². The van der Waals surface area contributed by atoms with Crippen molar-refractivity contribution >= 4 is 29.5 Å². The number of carbonyl (C=O) groups is 4. The summed E-state index contributed by atoms with van der Waals surface area (Å²) in [6.07, 6.45) is -0.728. The van der Waals surface area contributed by atoms with Crippen molar-refractivity contribution in [3.05, 3.63) is 58.9 Å². The van der Waals surface area contributed by atoms with Crippen LogP contribution in [-0.4, -0.2) is 41.8 Å². The lowest BCUT2D eigenvalue weighted by Gasteiger charge is -2.29. The summed E-state index contributed by atoms with van der Waals surface area (Å²) in [5.41, 5.74) is -0.0475. The van der Waals surface area contributed by atoms with E-state index in [1.807, 2.05) is 0 Å². The standard InChI is InChI=1S/C23H20F3N3O5/c1-23(25,26)13-4-6-16(24)18(9-13)28(2)22(33)34-14-5-3-12-11-29(21(32)15(12)10-14)17-7-8-19(30)27-20(17)31/h3-6,9-10,17H,7-8,11H2,1-2H3,(H,27,30,31). The van der Waals surface area contributed by atoms with Gasteiger partial charge in [0, 0.05) is 38.1 Å². The summed E-state index contributed by atoms with van der Waals surface area (Å²) < 4.78 is 46.7. The summed E-state index contributed by atoms with van der Waals surface area (Å²) in [6.45, 7) is 0.805. The van der Waals surface area contributed by atoms with Crippen molar-refractivity contribution < 1.29 is 37.1 Å². The first-order valence-corrected chi connectivity index (χ1v) is 10.4. The Morgan fingerprint density at radius 3 is 2.59 bits per heavy atom. The monoisotopic (exact) mass is 475 g/mol. The SMILES string of the molecule is CN(C(=O)Oc1ccc2c(c1)C(=O)N(C1CCC(=O)NC1=O)C2)c1cc(C(C)(F)F)ccc1F. The molecule has 2 aromatic rings. The zero-order chi connectivity index (χ0) is 24.8. The first-order valence-electron chi connectivity index (χ1n) is 10.4. The van der Waals surface area contributed by atoms with Gasteiger partial charge in [-0.3, -0.25) is 24.6 Å². The molecule has 1 saturated heterocycles. The molecule has 1 atom stereocenters. The van der Waals surface area contributed by atoms with Crippen LogP contribution in [0.25, 0.3) is 0 Å². The molecule has 34 heavy (non-hydrogen) atoms. The predicted octanol–water partition coefficient (Wildman–Crippen LogP) is 3.33. The number of benzene rings is 2. The van der Waals surface area contributed by atoms with Crippen molar-refractivity contribution in [1.29, 1.82) is 0 Å². The number of amides is 4. The van der Waals surface area contributed by atoms with Gasteiger partial charge in [-0.05, 0) is 36.2 Å². The molecular formula is C23H20F3N3O5. The molecule has 1 N–H and O–H groups in total. The van der Waals surface area contributed by atoms with Crippen LogP contribution in [0.3, 0.4) is 0 Å². The van der Waals surface area contributed by atoms with Gasteiger partial charge in [-0.2, -0.15) is 0 Å². The molecule has 0 spiro atoms. The number of carbonyl (C=O) groups excluding carboxylic acids is 4. The van der Waals surface area contributed by atoms with Gasteiger partial charge in [0.05, 0.1) is 5.69 Å². The molecular weight excluding hydrogens is 455 g/mol. The van der Waals surface area contributed by atoms with Crippen LogP contribution in [0.5, 0.6) is 5.75 Å². The van der Waals surface area contributed by atoms with E-state index in [0.29, 0.717) is 12.5 Å². The van der Waals surface area contributed by atoms with Gasteiger partial charge < -0.3 is 9.64 Å². The Morgan fingerprint density at radius 1 is 1.18 bits per heavy atom. The number of nitrogens with zero attached hydrogens (tertiary/aromatic N) is 2. The minimum Gasteiger partial charge on any atom is -0.410 e. The topological polar surface area (TPSA) is 96.0 Å².